The van der Waals surface area contributed by atoms with E-state index in [0.29, 0.717) is 11.3 Å². The van der Waals surface area contributed by atoms with Crippen LogP contribution in [0.4, 0.5) is 5.69 Å². The highest BCUT2D eigenvalue weighted by molar-refractivity contribution is 7.90. The molecule has 0 amide bonds. The number of sulfone groups is 1. The molecule has 1 atom stereocenters. The van der Waals surface area contributed by atoms with E-state index in [9.17, 15) is 13.2 Å². The van der Waals surface area contributed by atoms with Gasteiger partial charge >= 0.3 is 0 Å². The van der Waals surface area contributed by atoms with Crippen molar-refractivity contribution in [3.63, 3.8) is 0 Å². The van der Waals surface area contributed by atoms with E-state index in [1.54, 1.807) is 24.3 Å². The zero-order chi connectivity index (χ0) is 21.0. The van der Waals surface area contributed by atoms with E-state index in [2.05, 4.69) is 16.4 Å². The molecule has 152 valence electrons. The zero-order valence-electron chi connectivity index (χ0n) is 17.2. The fraction of sp³-hybridized carbons (Fsp3) is 0.450. The molecule has 0 aliphatic carbocycles. The van der Waals surface area contributed by atoms with Gasteiger partial charge in [0.15, 0.2) is 9.84 Å². The molecule has 6 nitrogen and oxygen atoms in total. The van der Waals surface area contributed by atoms with E-state index in [-0.39, 0.29) is 4.90 Å². The van der Waals surface area contributed by atoms with Crippen LogP contribution < -0.4 is 16.4 Å². The fourth-order valence-electron chi connectivity index (χ4n) is 2.09. The molecule has 0 spiro atoms. The number of aldehydes is 1. The summed E-state index contributed by atoms with van der Waals surface area (Å²) in [6, 6.07) is 6.59. The Morgan fingerprint density at radius 3 is 2.33 bits per heavy atom. The van der Waals surface area contributed by atoms with Gasteiger partial charge in [-0.25, -0.2) is 8.42 Å². The van der Waals surface area contributed by atoms with Gasteiger partial charge in [-0.15, -0.1) is 0 Å². The fourth-order valence-corrected chi connectivity index (χ4v) is 2.76. The number of allylic oxidation sites excluding steroid dienone is 3. The average molecular weight is 396 g/mol. The molecule has 0 bridgehead atoms. The summed E-state index contributed by atoms with van der Waals surface area (Å²) < 4.78 is 23.5. The Kier molecular flexibility index (Phi) is 11.3. The lowest BCUT2D eigenvalue weighted by atomic mass is 10.1. The van der Waals surface area contributed by atoms with Gasteiger partial charge in [0.05, 0.1) is 4.90 Å². The van der Waals surface area contributed by atoms with Gasteiger partial charge in [-0.2, -0.15) is 0 Å². The number of hydrogen-bond acceptors (Lipinski definition) is 6. The molecule has 1 unspecified atom stereocenters. The van der Waals surface area contributed by atoms with Crippen LogP contribution in [0, 0.1) is 0 Å². The summed E-state index contributed by atoms with van der Waals surface area (Å²) >= 11 is 0. The molecule has 0 aliphatic rings. The maximum absolute atomic E-state index is 11.8. The first-order valence-corrected chi connectivity index (χ1v) is 10.8. The van der Waals surface area contributed by atoms with Crippen molar-refractivity contribution >= 4 is 21.8 Å². The van der Waals surface area contributed by atoms with Crippen LogP contribution in [-0.4, -0.2) is 34.2 Å². The van der Waals surface area contributed by atoms with Crippen LogP contribution in [0.2, 0.25) is 0 Å². The minimum absolute atomic E-state index is 0.236. The minimum Gasteiger partial charge on any atom is -0.365 e. The second-order valence-electron chi connectivity index (χ2n) is 6.26. The third-order valence-corrected chi connectivity index (χ3v) is 4.93. The van der Waals surface area contributed by atoms with E-state index in [1.807, 2.05) is 33.8 Å². The number of anilines is 1. The van der Waals surface area contributed by atoms with Gasteiger partial charge in [-0.05, 0) is 52.4 Å². The van der Waals surface area contributed by atoms with Crippen molar-refractivity contribution < 1.29 is 13.2 Å². The standard InChI is InChI=1S/C19H28N2O3S.CH5N/c1-6-7-9-16(13-22)19(20-15(4)14(2)3)21-17-10-8-11-18(12-17)25(5,23)24;1-2/h8-13,19-21H,6-7H2,1-5H3;2H2,1H3/b16-9+;. The van der Waals surface area contributed by atoms with Gasteiger partial charge in [0.1, 0.15) is 12.5 Å². The molecule has 4 N–H and O–H groups in total. The zero-order valence-corrected chi connectivity index (χ0v) is 18.0. The molecule has 0 radical (unpaired) electrons. The van der Waals surface area contributed by atoms with Gasteiger partial charge in [0.25, 0.3) is 0 Å². The first-order chi connectivity index (χ1) is 12.7. The Labute approximate surface area is 163 Å². The quantitative estimate of drug-likeness (QED) is 0.337. The summed E-state index contributed by atoms with van der Waals surface area (Å²) in [5, 5.41) is 6.53. The van der Waals surface area contributed by atoms with Crippen molar-refractivity contribution in [1.82, 2.24) is 5.32 Å². The monoisotopic (exact) mass is 395 g/mol. The van der Waals surface area contributed by atoms with E-state index in [4.69, 9.17) is 0 Å². The van der Waals surface area contributed by atoms with Crippen LogP contribution in [-0.2, 0) is 14.6 Å². The van der Waals surface area contributed by atoms with Crippen molar-refractivity contribution in [3.05, 3.63) is 47.2 Å². The smallest absolute Gasteiger partial charge is 0.175 e. The third-order valence-electron chi connectivity index (χ3n) is 3.82. The SMILES string of the molecule is CCC/C=C(\C=O)C(NC(C)=C(C)C)Nc1cccc(S(C)(=O)=O)c1.CN. The lowest BCUT2D eigenvalue weighted by Crippen LogP contribution is -2.38. The van der Waals surface area contributed by atoms with Crippen LogP contribution >= 0.6 is 0 Å². The Morgan fingerprint density at radius 1 is 1.22 bits per heavy atom. The summed E-state index contributed by atoms with van der Waals surface area (Å²) in [5.41, 5.74) is 7.79. The molecular formula is C20H33N3O3S. The van der Waals surface area contributed by atoms with Crippen LogP contribution in [0.25, 0.3) is 0 Å². The van der Waals surface area contributed by atoms with Crippen molar-refractivity contribution in [2.24, 2.45) is 5.73 Å². The van der Waals surface area contributed by atoms with E-state index < -0.39 is 16.0 Å². The van der Waals surface area contributed by atoms with Gasteiger partial charge in [0, 0.05) is 23.2 Å². The molecule has 0 saturated heterocycles. The van der Waals surface area contributed by atoms with Crippen LogP contribution in [0.5, 0.6) is 0 Å². The summed E-state index contributed by atoms with van der Waals surface area (Å²) in [6.45, 7) is 7.96. The van der Waals surface area contributed by atoms with E-state index in [1.165, 1.54) is 13.3 Å². The van der Waals surface area contributed by atoms with Gasteiger partial charge in [0.2, 0.25) is 0 Å². The van der Waals surface area contributed by atoms with Crippen molar-refractivity contribution in [1.29, 1.82) is 0 Å². The number of unbranched alkanes of at least 4 members (excludes halogenated alkanes) is 1. The Morgan fingerprint density at radius 2 is 1.85 bits per heavy atom. The molecule has 0 fully saturated rings. The minimum atomic E-state index is -3.29. The lowest BCUT2D eigenvalue weighted by molar-refractivity contribution is -0.105. The van der Waals surface area contributed by atoms with Crippen molar-refractivity contribution in [2.75, 3.05) is 18.6 Å². The van der Waals surface area contributed by atoms with Crippen LogP contribution in [0.3, 0.4) is 0 Å². The van der Waals surface area contributed by atoms with Gasteiger partial charge in [-0.3, -0.25) is 4.79 Å². The topological polar surface area (TPSA) is 101 Å². The molecule has 0 heterocycles. The van der Waals surface area contributed by atoms with Crippen LogP contribution in [0.15, 0.2) is 52.1 Å². The molecule has 27 heavy (non-hydrogen) atoms. The number of hydrogen-bond donors (Lipinski definition) is 3. The number of carbonyl (C=O) groups is 1. The highest BCUT2D eigenvalue weighted by atomic mass is 32.2. The van der Waals surface area contributed by atoms with Crippen molar-refractivity contribution in [3.8, 4) is 0 Å². The number of nitrogens with one attached hydrogen (secondary N) is 2. The van der Waals surface area contributed by atoms with Crippen molar-refractivity contribution in [2.45, 2.75) is 51.6 Å². The van der Waals surface area contributed by atoms with E-state index >= 15 is 0 Å². The third kappa shape index (κ3) is 8.88. The predicted molar refractivity (Wildman–Crippen MR) is 113 cm³/mol. The predicted octanol–water partition coefficient (Wildman–Crippen LogP) is 3.23. The molecule has 0 aliphatic heterocycles. The molecule has 0 aromatic heterocycles. The summed E-state index contributed by atoms with van der Waals surface area (Å²) in [6.07, 6.45) is 5.21. The molecule has 1 aromatic carbocycles. The first-order valence-electron chi connectivity index (χ1n) is 8.89. The summed E-state index contributed by atoms with van der Waals surface area (Å²) in [7, 11) is -1.79. The maximum Gasteiger partial charge on any atom is 0.175 e. The van der Waals surface area contributed by atoms with Crippen LogP contribution in [0.1, 0.15) is 40.5 Å². The summed E-state index contributed by atoms with van der Waals surface area (Å²) in [4.78, 5) is 11.8. The van der Waals surface area contributed by atoms with E-state index in [0.717, 1.165) is 30.4 Å². The molecular weight excluding hydrogens is 362 g/mol. The second-order valence-corrected chi connectivity index (χ2v) is 8.27. The average Bonchev–Trinajstić information content (AvgIpc) is 2.63. The molecule has 1 rings (SSSR count). The summed E-state index contributed by atoms with van der Waals surface area (Å²) in [5.74, 6) is 0. The largest absolute Gasteiger partial charge is 0.365 e. The lowest BCUT2D eigenvalue weighted by Gasteiger charge is -2.24. The Hall–Kier alpha value is -2.12. The molecule has 7 heteroatoms. The number of carbonyl (C=O) groups excluding carboxylic acids is 1. The van der Waals surface area contributed by atoms with Gasteiger partial charge < -0.3 is 16.4 Å². The number of benzene rings is 1. The normalized spacial score (nSPS) is 12.3. The number of rotatable bonds is 9. The Balaban J connectivity index is 0.00000326. The van der Waals surface area contributed by atoms with Gasteiger partial charge in [-0.1, -0.05) is 31.1 Å². The molecule has 1 aromatic rings. The first kappa shape index (κ1) is 24.9. The molecule has 0 saturated carbocycles. The highest BCUT2D eigenvalue weighted by Gasteiger charge is 2.15. The maximum atomic E-state index is 11.8. The highest BCUT2D eigenvalue weighted by Crippen LogP contribution is 2.18. The Bertz CT molecular complexity index is 764. The second kappa shape index (κ2) is 12.3. The number of nitrogens with two attached hydrogens (primary N) is 1.